The van der Waals surface area contributed by atoms with Crippen molar-refractivity contribution in [2.24, 2.45) is 0 Å². The Kier molecular flexibility index (Phi) is 4.26. The Morgan fingerprint density at radius 1 is 0.889 bits per heavy atom. The van der Waals surface area contributed by atoms with E-state index in [1.165, 1.54) is 16.3 Å². The summed E-state index contributed by atoms with van der Waals surface area (Å²) in [6.45, 7) is 6.46. The van der Waals surface area contributed by atoms with E-state index in [9.17, 15) is 0 Å². The molecule has 0 spiro atoms. The first-order valence-electron chi connectivity index (χ1n) is 9.66. The fraction of sp³-hybridized carbons (Fsp3) is 0.364. The Morgan fingerprint density at radius 2 is 1.67 bits per heavy atom. The van der Waals surface area contributed by atoms with Gasteiger partial charge in [-0.05, 0) is 12.5 Å². The lowest BCUT2D eigenvalue weighted by Crippen LogP contribution is -2.59. The Balaban J connectivity index is 1.43. The molecule has 2 saturated heterocycles. The molecule has 2 aromatic carbocycles. The Morgan fingerprint density at radius 3 is 2.52 bits per heavy atom. The van der Waals surface area contributed by atoms with Crippen LogP contribution in [0.5, 0.6) is 0 Å². The van der Waals surface area contributed by atoms with Crippen LogP contribution in [0, 0.1) is 6.92 Å². The summed E-state index contributed by atoms with van der Waals surface area (Å²) in [5.41, 5.74) is 2.33. The number of benzene rings is 2. The summed E-state index contributed by atoms with van der Waals surface area (Å²) in [4.78, 5) is 4.99. The molecule has 27 heavy (non-hydrogen) atoms. The molecule has 2 aliphatic heterocycles. The third-order valence-corrected chi connectivity index (χ3v) is 5.85. The van der Waals surface area contributed by atoms with E-state index in [1.54, 1.807) is 0 Å². The average Bonchev–Trinajstić information content (AvgIpc) is 2.74. The number of nitrogens with zero attached hydrogens (tertiary/aromatic N) is 4. The normalized spacial score (nSPS) is 23.4. The molecule has 0 saturated carbocycles. The maximum atomic E-state index is 5.99. The van der Waals surface area contributed by atoms with Crippen LogP contribution < -0.4 is 4.90 Å². The minimum atomic E-state index is 0.341. The van der Waals surface area contributed by atoms with E-state index in [-0.39, 0.29) is 0 Å². The van der Waals surface area contributed by atoms with Gasteiger partial charge < -0.3 is 9.64 Å². The van der Waals surface area contributed by atoms with Crippen molar-refractivity contribution in [1.29, 1.82) is 0 Å². The monoisotopic (exact) mass is 360 g/mol. The number of piperazine rings is 1. The number of fused-ring (bicyclic) bond motifs is 2. The second-order valence-corrected chi connectivity index (χ2v) is 7.46. The first kappa shape index (κ1) is 16.7. The zero-order valence-electron chi connectivity index (χ0n) is 15.6. The molecular formula is C22H24N4O. The molecule has 1 aromatic heterocycles. The number of morpholine rings is 1. The number of hydrogen-bond donors (Lipinski definition) is 0. The minimum Gasteiger partial charge on any atom is -0.378 e. The Bertz CT molecular complexity index is 945. The molecule has 0 bridgehead atoms. The summed E-state index contributed by atoms with van der Waals surface area (Å²) < 4.78 is 5.99. The van der Waals surface area contributed by atoms with E-state index in [0.717, 1.165) is 44.4 Å². The zero-order chi connectivity index (χ0) is 18.2. The van der Waals surface area contributed by atoms with Gasteiger partial charge in [0.15, 0.2) is 5.82 Å². The van der Waals surface area contributed by atoms with E-state index in [1.807, 2.05) is 6.92 Å². The van der Waals surface area contributed by atoms with Crippen LogP contribution in [0.1, 0.15) is 17.3 Å². The molecule has 2 atom stereocenters. The van der Waals surface area contributed by atoms with Crippen LogP contribution >= 0.6 is 0 Å². The highest BCUT2D eigenvalue weighted by Gasteiger charge is 2.37. The van der Waals surface area contributed by atoms with E-state index < -0.39 is 0 Å². The molecule has 2 aliphatic rings. The van der Waals surface area contributed by atoms with Gasteiger partial charge in [0.05, 0.1) is 31.0 Å². The molecule has 3 heterocycles. The lowest BCUT2D eigenvalue weighted by atomic mass is 10.00. The van der Waals surface area contributed by atoms with Crippen LogP contribution in [0.3, 0.4) is 0 Å². The summed E-state index contributed by atoms with van der Waals surface area (Å²) in [6, 6.07) is 19.9. The maximum absolute atomic E-state index is 5.99. The second-order valence-electron chi connectivity index (χ2n) is 7.46. The van der Waals surface area contributed by atoms with Crippen LogP contribution in [-0.4, -0.2) is 54.0 Å². The van der Waals surface area contributed by atoms with Crippen molar-refractivity contribution < 1.29 is 4.74 Å². The molecule has 0 amide bonds. The standard InChI is InChI=1S/C22H24N4O/c1-16-19-9-5-6-10-20(19)22(24-23-16)25-11-12-26-18(13-25)14-27-15-21(26)17-7-3-2-4-8-17/h2-10,18,21H,11-15H2,1H3/t18-,21-/m1/s1. The third kappa shape index (κ3) is 2.97. The van der Waals surface area contributed by atoms with E-state index in [0.29, 0.717) is 12.1 Å². The minimum absolute atomic E-state index is 0.341. The van der Waals surface area contributed by atoms with Crippen molar-refractivity contribution in [3.8, 4) is 0 Å². The van der Waals surface area contributed by atoms with Gasteiger partial charge in [-0.25, -0.2) is 0 Å². The highest BCUT2D eigenvalue weighted by Crippen LogP contribution is 2.32. The summed E-state index contributed by atoms with van der Waals surface area (Å²) >= 11 is 0. The van der Waals surface area contributed by atoms with Gasteiger partial charge in [0.25, 0.3) is 0 Å². The molecule has 0 N–H and O–H groups in total. The smallest absolute Gasteiger partial charge is 0.159 e. The molecule has 2 fully saturated rings. The van der Waals surface area contributed by atoms with Crippen molar-refractivity contribution in [3.05, 3.63) is 65.9 Å². The number of aromatic nitrogens is 2. The maximum Gasteiger partial charge on any atom is 0.159 e. The van der Waals surface area contributed by atoms with Crippen molar-refractivity contribution in [2.45, 2.75) is 19.0 Å². The van der Waals surface area contributed by atoms with Crippen molar-refractivity contribution in [2.75, 3.05) is 37.7 Å². The number of anilines is 1. The van der Waals surface area contributed by atoms with Crippen molar-refractivity contribution >= 4 is 16.6 Å². The quantitative estimate of drug-likeness (QED) is 0.702. The molecule has 0 unspecified atom stereocenters. The highest BCUT2D eigenvalue weighted by molar-refractivity contribution is 5.93. The molecule has 5 nitrogen and oxygen atoms in total. The predicted molar refractivity (Wildman–Crippen MR) is 107 cm³/mol. The first-order chi connectivity index (χ1) is 13.3. The SMILES string of the molecule is Cc1nnc(N2CCN3[C@@H](COC[C@@H]3c3ccccc3)C2)c2ccccc12. The van der Waals surface area contributed by atoms with Gasteiger partial charge in [-0.1, -0.05) is 54.6 Å². The number of ether oxygens (including phenoxy) is 1. The van der Waals surface area contributed by atoms with E-state index in [2.05, 4.69) is 74.6 Å². The summed E-state index contributed by atoms with van der Waals surface area (Å²) in [7, 11) is 0. The molecule has 0 aliphatic carbocycles. The van der Waals surface area contributed by atoms with Crippen LogP contribution in [0.4, 0.5) is 5.82 Å². The molecule has 5 heteroatoms. The first-order valence-corrected chi connectivity index (χ1v) is 9.66. The van der Waals surface area contributed by atoms with Gasteiger partial charge in [0.2, 0.25) is 0 Å². The average molecular weight is 360 g/mol. The number of aryl methyl sites for hydroxylation is 1. The van der Waals surface area contributed by atoms with Gasteiger partial charge >= 0.3 is 0 Å². The Labute approximate surface area is 159 Å². The summed E-state index contributed by atoms with van der Waals surface area (Å²) in [5, 5.41) is 11.4. The van der Waals surface area contributed by atoms with Gasteiger partial charge in [0, 0.05) is 30.4 Å². The van der Waals surface area contributed by atoms with Crippen LogP contribution in [0.25, 0.3) is 10.8 Å². The van der Waals surface area contributed by atoms with Gasteiger partial charge in [-0.15, -0.1) is 5.10 Å². The fourth-order valence-corrected chi connectivity index (χ4v) is 4.45. The second kappa shape index (κ2) is 6.91. The molecular weight excluding hydrogens is 336 g/mol. The van der Waals surface area contributed by atoms with Gasteiger partial charge in [0.1, 0.15) is 0 Å². The topological polar surface area (TPSA) is 41.5 Å². The summed E-state index contributed by atoms with van der Waals surface area (Å²) in [5.74, 6) is 0.998. The molecule has 3 aromatic rings. The van der Waals surface area contributed by atoms with Gasteiger partial charge in [-0.2, -0.15) is 5.10 Å². The van der Waals surface area contributed by atoms with E-state index >= 15 is 0 Å². The lowest BCUT2D eigenvalue weighted by molar-refractivity contribution is -0.0547. The molecule has 0 radical (unpaired) electrons. The zero-order valence-corrected chi connectivity index (χ0v) is 15.6. The van der Waals surface area contributed by atoms with Crippen LogP contribution in [-0.2, 0) is 4.74 Å². The van der Waals surface area contributed by atoms with E-state index in [4.69, 9.17) is 4.74 Å². The lowest BCUT2D eigenvalue weighted by Gasteiger charge is -2.48. The number of rotatable bonds is 2. The fourth-order valence-electron chi connectivity index (χ4n) is 4.45. The third-order valence-electron chi connectivity index (χ3n) is 5.85. The molecule has 5 rings (SSSR count). The predicted octanol–water partition coefficient (Wildman–Crippen LogP) is 3.20. The van der Waals surface area contributed by atoms with Crippen LogP contribution in [0.2, 0.25) is 0 Å². The van der Waals surface area contributed by atoms with Crippen LogP contribution in [0.15, 0.2) is 54.6 Å². The molecule has 138 valence electrons. The summed E-state index contributed by atoms with van der Waals surface area (Å²) in [6.07, 6.45) is 0. The van der Waals surface area contributed by atoms with Crippen molar-refractivity contribution in [1.82, 2.24) is 15.1 Å². The number of hydrogen-bond acceptors (Lipinski definition) is 5. The van der Waals surface area contributed by atoms with Crippen molar-refractivity contribution in [3.63, 3.8) is 0 Å². The largest absolute Gasteiger partial charge is 0.378 e. The highest BCUT2D eigenvalue weighted by atomic mass is 16.5. The Hall–Kier alpha value is -2.50. The van der Waals surface area contributed by atoms with Gasteiger partial charge in [-0.3, -0.25) is 4.90 Å².